The van der Waals surface area contributed by atoms with Crippen molar-refractivity contribution < 1.29 is 19.4 Å². The molecule has 1 aromatic carbocycles. The molecule has 0 radical (unpaired) electrons. The van der Waals surface area contributed by atoms with Gasteiger partial charge < -0.3 is 19.6 Å². The fourth-order valence-corrected chi connectivity index (χ4v) is 3.69. The zero-order valence-corrected chi connectivity index (χ0v) is 14.9. The number of hydrogen-bond acceptors (Lipinski definition) is 4. The van der Waals surface area contributed by atoms with E-state index in [0.717, 1.165) is 6.42 Å². The van der Waals surface area contributed by atoms with Gasteiger partial charge in [-0.15, -0.1) is 0 Å². The molecule has 1 N–H and O–H groups in total. The SMILES string of the molecule is CCOc1ccccc1C(=O)N1CCCC1C(=O)N1CCC(C)(O)C1. The quantitative estimate of drug-likeness (QED) is 0.900. The molecule has 0 aliphatic carbocycles. The molecule has 2 amide bonds. The largest absolute Gasteiger partial charge is 0.493 e. The Balaban J connectivity index is 1.78. The number of ether oxygens (including phenoxy) is 1. The maximum absolute atomic E-state index is 13.0. The molecule has 2 aliphatic rings. The molecule has 0 spiro atoms. The lowest BCUT2D eigenvalue weighted by molar-refractivity contribution is -0.135. The molecule has 2 saturated heterocycles. The minimum absolute atomic E-state index is 0.0579. The first-order chi connectivity index (χ1) is 11.9. The van der Waals surface area contributed by atoms with Gasteiger partial charge in [0.15, 0.2) is 0 Å². The Kier molecular flexibility index (Phi) is 4.99. The van der Waals surface area contributed by atoms with Gasteiger partial charge in [0.25, 0.3) is 5.91 Å². The van der Waals surface area contributed by atoms with E-state index in [1.165, 1.54) is 0 Å². The van der Waals surface area contributed by atoms with Crippen molar-refractivity contribution in [3.05, 3.63) is 29.8 Å². The summed E-state index contributed by atoms with van der Waals surface area (Å²) < 4.78 is 5.56. The van der Waals surface area contributed by atoms with Gasteiger partial charge in [0.2, 0.25) is 5.91 Å². The van der Waals surface area contributed by atoms with Crippen molar-refractivity contribution in [3.63, 3.8) is 0 Å². The lowest BCUT2D eigenvalue weighted by Gasteiger charge is -2.29. The first kappa shape index (κ1) is 17.7. The van der Waals surface area contributed by atoms with Crippen LogP contribution in [0.5, 0.6) is 5.75 Å². The number of β-amino-alcohol motifs (C(OH)–C–C–N with tert-alkyl or cyclic N) is 1. The van der Waals surface area contributed by atoms with Crippen LogP contribution in [0.2, 0.25) is 0 Å². The number of amides is 2. The lowest BCUT2D eigenvalue weighted by atomic mass is 10.1. The van der Waals surface area contributed by atoms with Crippen LogP contribution in [0, 0.1) is 0 Å². The zero-order chi connectivity index (χ0) is 18.0. The second kappa shape index (κ2) is 7.04. The van der Waals surface area contributed by atoms with E-state index in [4.69, 9.17) is 4.74 Å². The maximum Gasteiger partial charge on any atom is 0.258 e. The molecule has 0 saturated carbocycles. The summed E-state index contributed by atoms with van der Waals surface area (Å²) in [6.45, 7) is 5.55. The summed E-state index contributed by atoms with van der Waals surface area (Å²) >= 11 is 0. The fourth-order valence-electron chi connectivity index (χ4n) is 3.69. The van der Waals surface area contributed by atoms with Crippen molar-refractivity contribution in [1.82, 2.24) is 9.80 Å². The standard InChI is InChI=1S/C19H26N2O4/c1-3-25-16-9-5-4-7-14(16)17(22)21-11-6-8-15(21)18(23)20-12-10-19(2,24)13-20/h4-5,7,9,15,24H,3,6,8,10-13H2,1-2H3. The van der Waals surface area contributed by atoms with Crippen molar-refractivity contribution in [2.75, 3.05) is 26.2 Å². The van der Waals surface area contributed by atoms with Crippen LogP contribution in [0.1, 0.15) is 43.5 Å². The van der Waals surface area contributed by atoms with E-state index in [1.54, 1.807) is 34.9 Å². The van der Waals surface area contributed by atoms with Gasteiger partial charge in [-0.3, -0.25) is 9.59 Å². The monoisotopic (exact) mass is 346 g/mol. The van der Waals surface area contributed by atoms with Gasteiger partial charge in [-0.1, -0.05) is 12.1 Å². The van der Waals surface area contributed by atoms with Gasteiger partial charge >= 0.3 is 0 Å². The van der Waals surface area contributed by atoms with Gasteiger partial charge in [0.1, 0.15) is 11.8 Å². The third kappa shape index (κ3) is 3.63. The molecule has 2 aliphatic heterocycles. The van der Waals surface area contributed by atoms with Crippen molar-refractivity contribution in [1.29, 1.82) is 0 Å². The molecular formula is C19H26N2O4. The van der Waals surface area contributed by atoms with E-state index in [2.05, 4.69) is 0 Å². The summed E-state index contributed by atoms with van der Waals surface area (Å²) in [5, 5.41) is 10.1. The lowest BCUT2D eigenvalue weighted by Crippen LogP contribution is -2.48. The Hall–Kier alpha value is -2.08. The minimum Gasteiger partial charge on any atom is -0.493 e. The summed E-state index contributed by atoms with van der Waals surface area (Å²) in [5.41, 5.74) is -0.331. The molecule has 6 nitrogen and oxygen atoms in total. The third-order valence-corrected chi connectivity index (χ3v) is 4.98. The second-order valence-corrected chi connectivity index (χ2v) is 7.09. The van der Waals surface area contributed by atoms with Crippen molar-refractivity contribution in [2.24, 2.45) is 0 Å². The van der Waals surface area contributed by atoms with E-state index in [0.29, 0.717) is 50.4 Å². The van der Waals surface area contributed by atoms with E-state index in [9.17, 15) is 14.7 Å². The molecule has 2 heterocycles. The van der Waals surface area contributed by atoms with Gasteiger partial charge in [0, 0.05) is 19.6 Å². The first-order valence-electron chi connectivity index (χ1n) is 8.97. The van der Waals surface area contributed by atoms with Gasteiger partial charge in [-0.2, -0.15) is 0 Å². The van der Waals surface area contributed by atoms with Crippen LogP contribution in [0.25, 0.3) is 0 Å². The predicted octanol–water partition coefficient (Wildman–Crippen LogP) is 1.67. The molecule has 6 heteroatoms. The smallest absolute Gasteiger partial charge is 0.258 e. The number of rotatable bonds is 4. The summed E-state index contributed by atoms with van der Waals surface area (Å²) in [7, 11) is 0. The average Bonchev–Trinajstić information content (AvgIpc) is 3.21. The van der Waals surface area contributed by atoms with Crippen LogP contribution in [-0.4, -0.2) is 64.6 Å². The summed E-state index contributed by atoms with van der Waals surface area (Å²) in [5.74, 6) is 0.334. The van der Waals surface area contributed by atoms with Crippen LogP contribution in [-0.2, 0) is 4.79 Å². The molecule has 136 valence electrons. The van der Waals surface area contributed by atoms with E-state index < -0.39 is 11.6 Å². The molecule has 0 aromatic heterocycles. The van der Waals surface area contributed by atoms with E-state index in [1.807, 2.05) is 13.0 Å². The summed E-state index contributed by atoms with van der Waals surface area (Å²) in [6, 6.07) is 6.71. The number of benzene rings is 1. The Labute approximate surface area is 148 Å². The highest BCUT2D eigenvalue weighted by atomic mass is 16.5. The van der Waals surface area contributed by atoms with Crippen LogP contribution >= 0.6 is 0 Å². The molecule has 25 heavy (non-hydrogen) atoms. The van der Waals surface area contributed by atoms with Crippen LogP contribution in [0.3, 0.4) is 0 Å². The summed E-state index contributed by atoms with van der Waals surface area (Å²) in [6.07, 6.45) is 2.05. The Bertz CT molecular complexity index is 659. The molecule has 2 atom stereocenters. The van der Waals surface area contributed by atoms with Crippen LogP contribution < -0.4 is 4.74 Å². The number of para-hydroxylation sites is 1. The molecule has 2 unspecified atom stereocenters. The third-order valence-electron chi connectivity index (χ3n) is 4.98. The van der Waals surface area contributed by atoms with Crippen molar-refractivity contribution in [2.45, 2.75) is 44.8 Å². The van der Waals surface area contributed by atoms with Gasteiger partial charge in [-0.25, -0.2) is 0 Å². The Morgan fingerprint density at radius 2 is 2.08 bits per heavy atom. The van der Waals surface area contributed by atoms with E-state index >= 15 is 0 Å². The Morgan fingerprint density at radius 1 is 1.32 bits per heavy atom. The molecule has 3 rings (SSSR count). The van der Waals surface area contributed by atoms with Gasteiger partial charge in [-0.05, 0) is 45.2 Å². The number of aliphatic hydroxyl groups is 1. The van der Waals surface area contributed by atoms with Crippen molar-refractivity contribution >= 4 is 11.8 Å². The van der Waals surface area contributed by atoms with Crippen LogP contribution in [0.15, 0.2) is 24.3 Å². The molecule has 2 fully saturated rings. The minimum atomic E-state index is -0.829. The number of nitrogens with zero attached hydrogens (tertiary/aromatic N) is 2. The highest BCUT2D eigenvalue weighted by molar-refractivity contribution is 6.00. The number of likely N-dealkylation sites (tertiary alicyclic amines) is 2. The fraction of sp³-hybridized carbons (Fsp3) is 0.579. The maximum atomic E-state index is 13.0. The number of hydrogen-bond donors (Lipinski definition) is 1. The first-order valence-corrected chi connectivity index (χ1v) is 8.97. The molecule has 0 bridgehead atoms. The highest BCUT2D eigenvalue weighted by Gasteiger charge is 2.41. The number of carbonyl (C=O) groups is 2. The highest BCUT2D eigenvalue weighted by Crippen LogP contribution is 2.28. The van der Waals surface area contributed by atoms with Crippen molar-refractivity contribution in [3.8, 4) is 5.75 Å². The number of carbonyl (C=O) groups excluding carboxylic acids is 2. The van der Waals surface area contributed by atoms with E-state index in [-0.39, 0.29) is 11.8 Å². The molecular weight excluding hydrogens is 320 g/mol. The topological polar surface area (TPSA) is 70.1 Å². The van der Waals surface area contributed by atoms with Crippen LogP contribution in [0.4, 0.5) is 0 Å². The average molecular weight is 346 g/mol. The zero-order valence-electron chi connectivity index (χ0n) is 14.9. The molecule has 1 aromatic rings. The van der Waals surface area contributed by atoms with Gasteiger partial charge in [0.05, 0.1) is 17.8 Å². The predicted molar refractivity (Wildman–Crippen MR) is 93.5 cm³/mol. The summed E-state index contributed by atoms with van der Waals surface area (Å²) in [4.78, 5) is 29.3. The second-order valence-electron chi connectivity index (χ2n) is 7.09. The Morgan fingerprint density at radius 3 is 2.76 bits per heavy atom. The normalized spacial score (nSPS) is 26.1.